The molecule has 0 heterocycles. The molecule has 1 aromatic carbocycles. The van der Waals surface area contributed by atoms with Crippen LogP contribution in [0.4, 0.5) is 4.39 Å². The Morgan fingerprint density at radius 1 is 1.50 bits per heavy atom. The highest BCUT2D eigenvalue weighted by molar-refractivity contribution is 9.10. The van der Waals surface area contributed by atoms with Gasteiger partial charge in [-0.25, -0.2) is 4.39 Å². The van der Waals surface area contributed by atoms with Crippen LogP contribution in [0.5, 0.6) is 0 Å². The Bertz CT molecular complexity index is 237. The van der Waals surface area contributed by atoms with Crippen molar-refractivity contribution in [3.05, 3.63) is 34.1 Å². The Labute approximate surface area is 67.2 Å². The quantitative estimate of drug-likeness (QED) is 0.716. The lowest BCUT2D eigenvalue weighted by Crippen LogP contribution is -2.47. The molecule has 0 atom stereocenters. The number of hydrogen-bond acceptors (Lipinski definition) is 0. The van der Waals surface area contributed by atoms with Crippen LogP contribution in [0.15, 0.2) is 22.7 Å². The van der Waals surface area contributed by atoms with Crippen LogP contribution in [-0.2, 0) is 6.54 Å². The first-order valence-electron chi connectivity index (χ1n) is 2.97. The third-order valence-corrected chi connectivity index (χ3v) is 2.02. The molecule has 0 fully saturated rings. The van der Waals surface area contributed by atoms with Gasteiger partial charge in [-0.3, -0.25) is 0 Å². The fourth-order valence-corrected chi connectivity index (χ4v) is 1.27. The van der Waals surface area contributed by atoms with Crippen LogP contribution in [0.1, 0.15) is 5.56 Å². The molecule has 1 nitrogen and oxygen atoms in total. The van der Waals surface area contributed by atoms with Crippen molar-refractivity contribution in [3.8, 4) is 0 Å². The lowest BCUT2D eigenvalue weighted by Gasteiger charge is -1.96. The Morgan fingerprint density at radius 3 is 2.70 bits per heavy atom. The molecule has 0 aliphatic heterocycles. The maximum absolute atomic E-state index is 12.4. The molecule has 0 aliphatic rings. The molecule has 0 aromatic heterocycles. The van der Waals surface area contributed by atoms with Crippen LogP contribution in [0.25, 0.3) is 0 Å². The van der Waals surface area contributed by atoms with Gasteiger partial charge in [-0.2, -0.15) is 0 Å². The molecule has 1 aromatic rings. The zero-order valence-electron chi connectivity index (χ0n) is 5.40. The highest BCUT2D eigenvalue weighted by Crippen LogP contribution is 2.16. The summed E-state index contributed by atoms with van der Waals surface area (Å²) < 4.78 is 13.2. The number of benzene rings is 1. The van der Waals surface area contributed by atoms with Gasteiger partial charge in [0.05, 0.1) is 0 Å². The lowest BCUT2D eigenvalue weighted by atomic mass is 10.2. The van der Waals surface area contributed by atoms with E-state index in [4.69, 9.17) is 0 Å². The molecule has 0 saturated heterocycles. The largest absolute Gasteiger partial charge is 0.354 e. The molecular weight excluding hydrogens is 197 g/mol. The molecule has 1 rings (SSSR count). The minimum absolute atomic E-state index is 0.218. The molecule has 0 saturated carbocycles. The van der Waals surface area contributed by atoms with Crippen LogP contribution < -0.4 is 5.73 Å². The van der Waals surface area contributed by atoms with Gasteiger partial charge >= 0.3 is 0 Å². The van der Waals surface area contributed by atoms with Crippen molar-refractivity contribution in [2.75, 3.05) is 0 Å². The van der Waals surface area contributed by atoms with E-state index in [0.29, 0.717) is 6.54 Å². The minimum Gasteiger partial charge on any atom is -0.354 e. The van der Waals surface area contributed by atoms with Gasteiger partial charge < -0.3 is 5.73 Å². The first-order valence-corrected chi connectivity index (χ1v) is 3.76. The second-order valence-electron chi connectivity index (χ2n) is 1.99. The van der Waals surface area contributed by atoms with E-state index in [-0.39, 0.29) is 5.82 Å². The van der Waals surface area contributed by atoms with Crippen molar-refractivity contribution in [3.63, 3.8) is 0 Å². The molecule has 10 heavy (non-hydrogen) atoms. The second-order valence-corrected chi connectivity index (χ2v) is 2.84. The summed E-state index contributed by atoms with van der Waals surface area (Å²) >= 11 is 3.23. The summed E-state index contributed by atoms with van der Waals surface area (Å²) in [6.07, 6.45) is 0. The molecular formula is C7H8BrFN+. The number of rotatable bonds is 1. The SMILES string of the molecule is [NH3+]Cc1ccc(F)cc1Br. The van der Waals surface area contributed by atoms with E-state index >= 15 is 0 Å². The van der Waals surface area contributed by atoms with E-state index in [1.807, 2.05) is 0 Å². The normalized spacial score (nSPS) is 9.90. The van der Waals surface area contributed by atoms with Gasteiger partial charge in [0.1, 0.15) is 12.4 Å². The van der Waals surface area contributed by atoms with E-state index < -0.39 is 0 Å². The van der Waals surface area contributed by atoms with Crippen molar-refractivity contribution in [1.82, 2.24) is 0 Å². The standard InChI is InChI=1S/C7H7BrFN/c8-7-3-6(9)2-1-5(7)4-10/h1-3H,4,10H2/p+1. The Morgan fingerprint density at radius 2 is 2.20 bits per heavy atom. The highest BCUT2D eigenvalue weighted by atomic mass is 79.9. The summed E-state index contributed by atoms with van der Waals surface area (Å²) in [5.41, 5.74) is 4.72. The number of hydrogen-bond donors (Lipinski definition) is 1. The first kappa shape index (κ1) is 7.69. The predicted octanol–water partition coefficient (Wildman–Crippen LogP) is 1.33. The molecule has 0 spiro atoms. The van der Waals surface area contributed by atoms with Crippen molar-refractivity contribution in [2.24, 2.45) is 0 Å². The summed E-state index contributed by atoms with van der Waals surface area (Å²) in [5, 5.41) is 0. The molecule has 0 bridgehead atoms. The van der Waals surface area contributed by atoms with E-state index in [9.17, 15) is 4.39 Å². The molecule has 0 unspecified atom stereocenters. The van der Waals surface area contributed by atoms with Gasteiger partial charge in [-0.1, -0.05) is 15.9 Å². The average Bonchev–Trinajstić information content (AvgIpc) is 1.88. The predicted molar refractivity (Wildman–Crippen MR) is 40.7 cm³/mol. The average molecular weight is 205 g/mol. The Hall–Kier alpha value is -0.410. The Kier molecular flexibility index (Phi) is 2.40. The van der Waals surface area contributed by atoms with Gasteiger partial charge in [0.15, 0.2) is 0 Å². The fourth-order valence-electron chi connectivity index (χ4n) is 0.724. The maximum Gasteiger partial charge on any atom is 0.124 e. The van der Waals surface area contributed by atoms with Gasteiger partial charge in [-0.15, -0.1) is 0 Å². The van der Waals surface area contributed by atoms with Crippen molar-refractivity contribution in [1.29, 1.82) is 0 Å². The zero-order valence-corrected chi connectivity index (χ0v) is 6.99. The highest BCUT2D eigenvalue weighted by Gasteiger charge is 1.99. The van der Waals surface area contributed by atoms with E-state index in [1.165, 1.54) is 12.1 Å². The van der Waals surface area contributed by atoms with Crippen molar-refractivity contribution < 1.29 is 10.1 Å². The lowest BCUT2D eigenvalue weighted by molar-refractivity contribution is -0.386. The molecule has 3 heteroatoms. The second kappa shape index (κ2) is 3.12. The maximum atomic E-state index is 12.4. The van der Waals surface area contributed by atoms with Crippen LogP contribution in [0.3, 0.4) is 0 Å². The minimum atomic E-state index is -0.218. The summed E-state index contributed by atoms with van der Waals surface area (Å²) in [6.45, 7) is 0.681. The van der Waals surface area contributed by atoms with Gasteiger partial charge in [0, 0.05) is 10.0 Å². The van der Waals surface area contributed by atoms with E-state index in [0.717, 1.165) is 10.0 Å². The Balaban J connectivity index is 3.07. The smallest absolute Gasteiger partial charge is 0.124 e. The first-order chi connectivity index (χ1) is 4.74. The van der Waals surface area contributed by atoms with Crippen molar-refractivity contribution in [2.45, 2.75) is 6.54 Å². The van der Waals surface area contributed by atoms with Gasteiger partial charge in [0.25, 0.3) is 0 Å². The summed E-state index contributed by atoms with van der Waals surface area (Å²) in [7, 11) is 0. The van der Waals surface area contributed by atoms with Gasteiger partial charge in [0.2, 0.25) is 0 Å². The molecule has 54 valence electrons. The third kappa shape index (κ3) is 1.55. The van der Waals surface area contributed by atoms with Crippen LogP contribution in [0, 0.1) is 5.82 Å². The fraction of sp³-hybridized carbons (Fsp3) is 0.143. The summed E-state index contributed by atoms with van der Waals surface area (Å²) in [4.78, 5) is 0. The van der Waals surface area contributed by atoms with Crippen molar-refractivity contribution >= 4 is 15.9 Å². The van der Waals surface area contributed by atoms with E-state index in [1.54, 1.807) is 6.07 Å². The van der Waals surface area contributed by atoms with Gasteiger partial charge in [-0.05, 0) is 18.2 Å². The van der Waals surface area contributed by atoms with E-state index in [2.05, 4.69) is 21.7 Å². The zero-order chi connectivity index (χ0) is 7.56. The summed E-state index contributed by atoms with van der Waals surface area (Å²) in [6, 6.07) is 4.61. The monoisotopic (exact) mass is 204 g/mol. The molecule has 0 radical (unpaired) electrons. The van der Waals surface area contributed by atoms with Crippen LogP contribution in [-0.4, -0.2) is 0 Å². The molecule has 3 N–H and O–H groups in total. The number of halogens is 2. The third-order valence-electron chi connectivity index (χ3n) is 1.28. The van der Waals surface area contributed by atoms with Crippen LogP contribution in [0.2, 0.25) is 0 Å². The topological polar surface area (TPSA) is 27.6 Å². The van der Waals surface area contributed by atoms with Crippen LogP contribution >= 0.6 is 15.9 Å². The molecule has 0 aliphatic carbocycles. The summed E-state index contributed by atoms with van der Waals surface area (Å²) in [5.74, 6) is -0.218. The molecule has 0 amide bonds. The number of quaternary nitrogens is 1.